The highest BCUT2D eigenvalue weighted by Gasteiger charge is 2.21. The van der Waals surface area contributed by atoms with Crippen molar-refractivity contribution in [3.05, 3.63) is 6.20 Å². The summed E-state index contributed by atoms with van der Waals surface area (Å²) in [6.07, 6.45) is 9.90. The number of aromatic nitrogens is 3. The molecular weight excluding hydrogens is 212 g/mol. The molecule has 1 heterocycles. The minimum atomic E-state index is 0.618. The summed E-state index contributed by atoms with van der Waals surface area (Å²) in [7, 11) is 0. The van der Waals surface area contributed by atoms with E-state index < -0.39 is 0 Å². The van der Waals surface area contributed by atoms with E-state index in [4.69, 9.17) is 0 Å². The third-order valence-corrected chi connectivity index (χ3v) is 3.81. The summed E-state index contributed by atoms with van der Waals surface area (Å²) in [4.78, 5) is 0. The molecule has 17 heavy (non-hydrogen) atoms. The quantitative estimate of drug-likeness (QED) is 0.854. The number of hydrogen-bond acceptors (Lipinski definition) is 3. The van der Waals surface area contributed by atoms with Gasteiger partial charge in [0.15, 0.2) is 0 Å². The van der Waals surface area contributed by atoms with Gasteiger partial charge in [-0.05, 0) is 38.5 Å². The second kappa shape index (κ2) is 6.03. The van der Waals surface area contributed by atoms with Crippen LogP contribution in [-0.4, -0.2) is 21.0 Å². The molecule has 2 rings (SSSR count). The van der Waals surface area contributed by atoms with Crippen LogP contribution in [0.15, 0.2) is 6.20 Å². The Labute approximate surface area is 104 Å². The molecule has 0 aromatic carbocycles. The van der Waals surface area contributed by atoms with Gasteiger partial charge in [0.1, 0.15) is 5.82 Å². The Morgan fingerprint density at radius 3 is 2.71 bits per heavy atom. The van der Waals surface area contributed by atoms with Gasteiger partial charge in [0.05, 0.1) is 6.20 Å². The van der Waals surface area contributed by atoms with Gasteiger partial charge in [0.25, 0.3) is 0 Å². The summed E-state index contributed by atoms with van der Waals surface area (Å²) in [5.41, 5.74) is 0. The highest BCUT2D eigenvalue weighted by atomic mass is 15.4. The fraction of sp³-hybridized carbons (Fsp3) is 0.846. The molecule has 0 amide bonds. The van der Waals surface area contributed by atoms with Crippen molar-refractivity contribution in [3.8, 4) is 0 Å². The number of nitrogens with one attached hydrogen (secondary N) is 1. The first kappa shape index (κ1) is 12.4. The van der Waals surface area contributed by atoms with Crippen LogP contribution in [0.25, 0.3) is 0 Å². The van der Waals surface area contributed by atoms with E-state index in [2.05, 4.69) is 29.5 Å². The van der Waals surface area contributed by atoms with Gasteiger partial charge >= 0.3 is 0 Å². The minimum Gasteiger partial charge on any atom is -0.366 e. The van der Waals surface area contributed by atoms with E-state index in [9.17, 15) is 0 Å². The Morgan fingerprint density at radius 1 is 1.29 bits per heavy atom. The molecule has 1 fully saturated rings. The zero-order valence-corrected chi connectivity index (χ0v) is 11.0. The Hall–Kier alpha value is -1.06. The molecule has 0 radical (unpaired) electrons. The lowest BCUT2D eigenvalue weighted by Gasteiger charge is -2.29. The minimum absolute atomic E-state index is 0.618. The van der Waals surface area contributed by atoms with Crippen LogP contribution in [0.4, 0.5) is 5.82 Å². The lowest BCUT2D eigenvalue weighted by Crippen LogP contribution is -2.27. The van der Waals surface area contributed by atoms with Crippen LogP contribution in [0.3, 0.4) is 0 Å². The molecule has 1 aliphatic carbocycles. The van der Waals surface area contributed by atoms with Gasteiger partial charge in [-0.15, -0.1) is 5.10 Å². The molecule has 0 bridgehead atoms. The molecule has 4 nitrogen and oxygen atoms in total. The van der Waals surface area contributed by atoms with Gasteiger partial charge in [-0.25, -0.2) is 4.68 Å². The van der Waals surface area contributed by atoms with E-state index in [0.29, 0.717) is 6.04 Å². The molecule has 0 spiro atoms. The average Bonchev–Trinajstić information content (AvgIpc) is 2.79. The highest BCUT2D eigenvalue weighted by molar-refractivity contribution is 5.32. The number of rotatable bonds is 5. The number of hydrogen-bond donors (Lipinski definition) is 1. The SMILES string of the molecule is CCCC1CCC(Nc2cnnn2CC)CC1. The third-order valence-electron chi connectivity index (χ3n) is 3.81. The fourth-order valence-electron chi connectivity index (χ4n) is 2.82. The maximum atomic E-state index is 4.05. The molecule has 0 unspecified atom stereocenters. The molecule has 1 aromatic rings. The zero-order chi connectivity index (χ0) is 12.1. The smallest absolute Gasteiger partial charge is 0.145 e. The lowest BCUT2D eigenvalue weighted by atomic mass is 9.83. The summed E-state index contributed by atoms with van der Waals surface area (Å²) in [6, 6.07) is 0.618. The Balaban J connectivity index is 1.82. The third kappa shape index (κ3) is 3.20. The van der Waals surface area contributed by atoms with Crippen molar-refractivity contribution in [2.45, 2.75) is 65.0 Å². The molecule has 1 saturated carbocycles. The first-order valence-electron chi connectivity index (χ1n) is 6.98. The van der Waals surface area contributed by atoms with Crippen LogP contribution in [0.5, 0.6) is 0 Å². The molecule has 1 N–H and O–H groups in total. The Bertz CT molecular complexity index is 326. The zero-order valence-electron chi connectivity index (χ0n) is 11.0. The first-order valence-corrected chi connectivity index (χ1v) is 6.98. The normalized spacial score (nSPS) is 24.8. The van der Waals surface area contributed by atoms with Crippen LogP contribution >= 0.6 is 0 Å². The van der Waals surface area contributed by atoms with Crippen molar-refractivity contribution in [1.29, 1.82) is 0 Å². The van der Waals surface area contributed by atoms with Crippen LogP contribution < -0.4 is 5.32 Å². The van der Waals surface area contributed by atoms with Crippen molar-refractivity contribution in [3.63, 3.8) is 0 Å². The van der Waals surface area contributed by atoms with Gasteiger partial charge < -0.3 is 5.32 Å². The maximum Gasteiger partial charge on any atom is 0.145 e. The molecule has 0 aliphatic heterocycles. The summed E-state index contributed by atoms with van der Waals surface area (Å²) >= 11 is 0. The molecule has 1 aliphatic rings. The van der Waals surface area contributed by atoms with Crippen LogP contribution in [0.2, 0.25) is 0 Å². The molecule has 0 saturated heterocycles. The van der Waals surface area contributed by atoms with Crippen molar-refractivity contribution < 1.29 is 0 Å². The standard InChI is InChI=1S/C13H24N4/c1-3-5-11-6-8-12(9-7-11)15-13-10-14-16-17(13)4-2/h10-12,15H,3-9H2,1-2H3. The monoisotopic (exact) mass is 236 g/mol. The Morgan fingerprint density at radius 2 is 2.06 bits per heavy atom. The van der Waals surface area contributed by atoms with E-state index in [1.165, 1.54) is 38.5 Å². The van der Waals surface area contributed by atoms with Crippen LogP contribution in [-0.2, 0) is 6.54 Å². The van der Waals surface area contributed by atoms with E-state index in [1.54, 1.807) is 0 Å². The topological polar surface area (TPSA) is 42.7 Å². The molecule has 4 heteroatoms. The van der Waals surface area contributed by atoms with E-state index in [1.807, 2.05) is 10.9 Å². The van der Waals surface area contributed by atoms with Crippen molar-refractivity contribution in [1.82, 2.24) is 15.0 Å². The van der Waals surface area contributed by atoms with E-state index in [-0.39, 0.29) is 0 Å². The number of nitrogens with zero attached hydrogens (tertiary/aromatic N) is 3. The van der Waals surface area contributed by atoms with E-state index >= 15 is 0 Å². The van der Waals surface area contributed by atoms with E-state index in [0.717, 1.165) is 18.3 Å². The first-order chi connectivity index (χ1) is 8.33. The molecule has 0 atom stereocenters. The second-order valence-electron chi connectivity index (χ2n) is 5.09. The highest BCUT2D eigenvalue weighted by Crippen LogP contribution is 2.29. The fourth-order valence-corrected chi connectivity index (χ4v) is 2.82. The largest absolute Gasteiger partial charge is 0.366 e. The summed E-state index contributed by atoms with van der Waals surface area (Å²) in [6.45, 7) is 5.27. The predicted octanol–water partition coefficient (Wildman–Crippen LogP) is 3.07. The maximum absolute atomic E-state index is 4.05. The van der Waals surface area contributed by atoms with Gasteiger partial charge in [0.2, 0.25) is 0 Å². The molecular formula is C13H24N4. The van der Waals surface area contributed by atoms with Crippen molar-refractivity contribution in [2.75, 3.05) is 5.32 Å². The van der Waals surface area contributed by atoms with Crippen molar-refractivity contribution in [2.24, 2.45) is 5.92 Å². The van der Waals surface area contributed by atoms with Gasteiger partial charge in [-0.1, -0.05) is 25.0 Å². The molecule has 1 aromatic heterocycles. The average molecular weight is 236 g/mol. The van der Waals surface area contributed by atoms with Crippen LogP contribution in [0, 0.1) is 5.92 Å². The summed E-state index contributed by atoms with van der Waals surface area (Å²) < 4.78 is 1.93. The number of anilines is 1. The van der Waals surface area contributed by atoms with Gasteiger partial charge in [-0.2, -0.15) is 0 Å². The second-order valence-corrected chi connectivity index (χ2v) is 5.09. The van der Waals surface area contributed by atoms with Gasteiger partial charge in [0, 0.05) is 12.6 Å². The summed E-state index contributed by atoms with van der Waals surface area (Å²) in [5, 5.41) is 11.6. The summed E-state index contributed by atoms with van der Waals surface area (Å²) in [5.74, 6) is 2.04. The predicted molar refractivity (Wildman–Crippen MR) is 70.0 cm³/mol. The number of aryl methyl sites for hydroxylation is 1. The van der Waals surface area contributed by atoms with Gasteiger partial charge in [-0.3, -0.25) is 0 Å². The molecule has 96 valence electrons. The van der Waals surface area contributed by atoms with Crippen LogP contribution in [0.1, 0.15) is 52.4 Å². The Kier molecular flexibility index (Phi) is 4.40. The van der Waals surface area contributed by atoms with Crippen molar-refractivity contribution >= 4 is 5.82 Å². The lowest BCUT2D eigenvalue weighted by molar-refractivity contribution is 0.318.